The van der Waals surface area contributed by atoms with Crippen LogP contribution in [0.15, 0.2) is 48.5 Å². The minimum Gasteiger partial charge on any atom is -0.374 e. The van der Waals surface area contributed by atoms with Crippen molar-refractivity contribution in [3.8, 4) is 11.1 Å². The number of nitrogens with one attached hydrogen (secondary N) is 2. The number of hydrogen-bond acceptors (Lipinski definition) is 3. The summed E-state index contributed by atoms with van der Waals surface area (Å²) in [6.07, 6.45) is -4.49. The maximum atomic E-state index is 12.9. The van der Waals surface area contributed by atoms with E-state index < -0.39 is 11.7 Å². The van der Waals surface area contributed by atoms with Crippen LogP contribution >= 0.6 is 12.4 Å². The normalized spacial score (nSPS) is 17.1. The number of carbonyl (C=O) groups is 1. The summed E-state index contributed by atoms with van der Waals surface area (Å²) in [6.45, 7) is 2.44. The SMILES string of the molecule is Cl.O=C(NCC1CNCCO1)c1cccc(-c2cccc(C(F)(F)F)c2)c1. The number of carbonyl (C=O) groups excluding carboxylic acids is 1. The smallest absolute Gasteiger partial charge is 0.374 e. The summed E-state index contributed by atoms with van der Waals surface area (Å²) >= 11 is 0. The van der Waals surface area contributed by atoms with Crippen LogP contribution in [0.2, 0.25) is 0 Å². The zero-order valence-electron chi connectivity index (χ0n) is 14.4. The molecule has 146 valence electrons. The quantitative estimate of drug-likeness (QED) is 0.825. The van der Waals surface area contributed by atoms with Crippen molar-refractivity contribution in [3.05, 3.63) is 59.7 Å². The summed E-state index contributed by atoms with van der Waals surface area (Å²) in [7, 11) is 0. The van der Waals surface area contributed by atoms with Crippen LogP contribution in [0.25, 0.3) is 11.1 Å². The molecule has 0 bridgehead atoms. The van der Waals surface area contributed by atoms with E-state index >= 15 is 0 Å². The second-order valence-corrected chi connectivity index (χ2v) is 6.07. The zero-order valence-corrected chi connectivity index (χ0v) is 15.2. The molecule has 8 heteroatoms. The molecule has 1 amide bonds. The third-order valence-electron chi connectivity index (χ3n) is 4.14. The van der Waals surface area contributed by atoms with Crippen molar-refractivity contribution < 1.29 is 22.7 Å². The van der Waals surface area contributed by atoms with Crippen molar-refractivity contribution in [1.29, 1.82) is 0 Å². The van der Waals surface area contributed by atoms with Crippen molar-refractivity contribution in [2.24, 2.45) is 0 Å². The first-order valence-corrected chi connectivity index (χ1v) is 8.32. The third kappa shape index (κ3) is 5.69. The molecule has 0 spiro atoms. The van der Waals surface area contributed by atoms with Gasteiger partial charge in [0.2, 0.25) is 0 Å². The number of morpholine rings is 1. The van der Waals surface area contributed by atoms with Crippen LogP contribution in [-0.4, -0.2) is 38.3 Å². The molecule has 0 saturated carbocycles. The van der Waals surface area contributed by atoms with E-state index in [1.165, 1.54) is 6.07 Å². The van der Waals surface area contributed by atoms with Gasteiger partial charge in [0.15, 0.2) is 0 Å². The Morgan fingerprint density at radius 3 is 2.52 bits per heavy atom. The van der Waals surface area contributed by atoms with Gasteiger partial charge in [-0.2, -0.15) is 13.2 Å². The largest absolute Gasteiger partial charge is 0.416 e. The van der Waals surface area contributed by atoms with Gasteiger partial charge in [-0.1, -0.05) is 24.3 Å². The highest BCUT2D eigenvalue weighted by atomic mass is 35.5. The Morgan fingerprint density at radius 2 is 1.85 bits per heavy atom. The number of rotatable bonds is 4. The fourth-order valence-electron chi connectivity index (χ4n) is 2.77. The summed E-state index contributed by atoms with van der Waals surface area (Å²) in [4.78, 5) is 12.3. The average molecular weight is 401 g/mol. The highest BCUT2D eigenvalue weighted by molar-refractivity contribution is 5.95. The second kappa shape index (κ2) is 9.21. The van der Waals surface area contributed by atoms with E-state index in [-0.39, 0.29) is 24.4 Å². The number of amides is 1. The van der Waals surface area contributed by atoms with Crippen molar-refractivity contribution in [2.75, 3.05) is 26.2 Å². The van der Waals surface area contributed by atoms with Crippen LogP contribution in [0.5, 0.6) is 0 Å². The summed E-state index contributed by atoms with van der Waals surface area (Å²) in [5, 5.41) is 5.98. The lowest BCUT2D eigenvalue weighted by Gasteiger charge is -2.23. The molecule has 0 aliphatic carbocycles. The Bertz CT molecular complexity index is 778. The topological polar surface area (TPSA) is 50.4 Å². The van der Waals surface area contributed by atoms with E-state index in [1.54, 1.807) is 30.3 Å². The predicted molar refractivity (Wildman–Crippen MR) is 99.1 cm³/mol. The molecule has 1 fully saturated rings. The van der Waals surface area contributed by atoms with Gasteiger partial charge in [-0.3, -0.25) is 4.79 Å². The lowest BCUT2D eigenvalue weighted by Crippen LogP contribution is -2.45. The van der Waals surface area contributed by atoms with E-state index in [1.807, 2.05) is 0 Å². The summed E-state index contributed by atoms with van der Waals surface area (Å²) in [5.41, 5.74) is 0.643. The van der Waals surface area contributed by atoms with E-state index in [0.717, 1.165) is 18.7 Å². The first-order valence-electron chi connectivity index (χ1n) is 8.32. The highest BCUT2D eigenvalue weighted by Gasteiger charge is 2.30. The van der Waals surface area contributed by atoms with Crippen LogP contribution < -0.4 is 10.6 Å². The Hall–Kier alpha value is -2.09. The maximum absolute atomic E-state index is 12.9. The minimum absolute atomic E-state index is 0. The molecule has 0 radical (unpaired) electrons. The minimum atomic E-state index is -4.40. The van der Waals surface area contributed by atoms with Gasteiger partial charge in [-0.25, -0.2) is 0 Å². The molecular weight excluding hydrogens is 381 g/mol. The molecule has 1 heterocycles. The molecule has 2 N–H and O–H groups in total. The van der Waals surface area contributed by atoms with Gasteiger partial charge in [0.25, 0.3) is 5.91 Å². The highest BCUT2D eigenvalue weighted by Crippen LogP contribution is 2.32. The lowest BCUT2D eigenvalue weighted by molar-refractivity contribution is -0.137. The molecule has 1 aliphatic rings. The molecule has 0 aromatic heterocycles. The molecule has 27 heavy (non-hydrogen) atoms. The standard InChI is InChI=1S/C19H19F3N2O2.ClH/c20-19(21,22)16-6-2-4-14(10-16)13-3-1-5-15(9-13)18(25)24-12-17-11-23-7-8-26-17;/h1-6,9-10,17,23H,7-8,11-12H2,(H,24,25);1H. The van der Waals surface area contributed by atoms with E-state index in [2.05, 4.69) is 10.6 Å². The van der Waals surface area contributed by atoms with Crippen molar-refractivity contribution in [1.82, 2.24) is 10.6 Å². The van der Waals surface area contributed by atoms with Gasteiger partial charge < -0.3 is 15.4 Å². The number of benzene rings is 2. The van der Waals surface area contributed by atoms with Crippen LogP contribution in [-0.2, 0) is 10.9 Å². The van der Waals surface area contributed by atoms with E-state index in [0.29, 0.717) is 36.4 Å². The molecule has 2 aromatic carbocycles. The summed E-state index contributed by atoms with van der Waals surface area (Å²) in [6, 6.07) is 11.6. The van der Waals surface area contributed by atoms with Gasteiger partial charge in [0.1, 0.15) is 0 Å². The van der Waals surface area contributed by atoms with Gasteiger partial charge in [-0.05, 0) is 35.4 Å². The van der Waals surface area contributed by atoms with Crippen molar-refractivity contribution in [2.45, 2.75) is 12.3 Å². The van der Waals surface area contributed by atoms with Crippen LogP contribution in [0.4, 0.5) is 13.2 Å². The van der Waals surface area contributed by atoms with Gasteiger partial charge in [-0.15, -0.1) is 12.4 Å². The van der Waals surface area contributed by atoms with E-state index in [9.17, 15) is 18.0 Å². The van der Waals surface area contributed by atoms with Crippen LogP contribution in [0.3, 0.4) is 0 Å². The molecule has 1 atom stereocenters. The van der Waals surface area contributed by atoms with Crippen LogP contribution in [0.1, 0.15) is 15.9 Å². The molecule has 4 nitrogen and oxygen atoms in total. The zero-order chi connectivity index (χ0) is 18.6. The van der Waals surface area contributed by atoms with E-state index in [4.69, 9.17) is 4.74 Å². The first kappa shape index (κ1) is 21.2. The van der Waals surface area contributed by atoms with Gasteiger partial charge in [0.05, 0.1) is 18.3 Å². The number of alkyl halides is 3. The average Bonchev–Trinajstić information content (AvgIpc) is 2.66. The van der Waals surface area contributed by atoms with Crippen LogP contribution in [0, 0.1) is 0 Å². The summed E-state index contributed by atoms with van der Waals surface area (Å²) in [5.74, 6) is -0.284. The molecule has 1 saturated heterocycles. The molecular formula is C19H20ClF3N2O2. The Balaban J connectivity index is 0.00000261. The second-order valence-electron chi connectivity index (χ2n) is 6.07. The Labute approximate surface area is 161 Å². The maximum Gasteiger partial charge on any atom is 0.416 e. The molecule has 3 rings (SSSR count). The fourth-order valence-corrected chi connectivity index (χ4v) is 2.77. The molecule has 1 unspecified atom stereocenters. The monoisotopic (exact) mass is 400 g/mol. The number of hydrogen-bond donors (Lipinski definition) is 2. The molecule has 2 aromatic rings. The Morgan fingerprint density at radius 1 is 1.15 bits per heavy atom. The number of ether oxygens (including phenoxy) is 1. The predicted octanol–water partition coefficient (Wildman–Crippen LogP) is 3.51. The molecule has 1 aliphatic heterocycles. The van der Waals surface area contributed by atoms with Crippen molar-refractivity contribution >= 4 is 18.3 Å². The van der Waals surface area contributed by atoms with Gasteiger partial charge in [0, 0.05) is 25.2 Å². The summed E-state index contributed by atoms with van der Waals surface area (Å²) < 4.78 is 44.2. The lowest BCUT2D eigenvalue weighted by atomic mass is 10.0. The fraction of sp³-hybridized carbons (Fsp3) is 0.316. The Kier molecular flexibility index (Phi) is 7.24. The number of halogens is 4. The van der Waals surface area contributed by atoms with Crippen molar-refractivity contribution in [3.63, 3.8) is 0 Å². The first-order chi connectivity index (χ1) is 12.4. The van der Waals surface area contributed by atoms with Gasteiger partial charge >= 0.3 is 6.18 Å². The third-order valence-corrected chi connectivity index (χ3v) is 4.14.